The molecule has 0 aromatic heterocycles. The number of hydrogen-bond donors (Lipinski definition) is 1. The number of hydrogen-bond acceptors (Lipinski definition) is 2. The minimum Gasteiger partial charge on any atom is -0.393 e. The molecular formula is C15H23BrN2S. The quantitative estimate of drug-likeness (QED) is 0.760. The van der Waals surface area contributed by atoms with Crippen LogP contribution >= 0.6 is 28.1 Å². The molecule has 0 fully saturated rings. The first-order valence-corrected chi connectivity index (χ1v) is 7.75. The second-order valence-corrected chi connectivity index (χ2v) is 6.98. The summed E-state index contributed by atoms with van der Waals surface area (Å²) in [6.45, 7) is 6.23. The first kappa shape index (κ1) is 16.6. The molecule has 19 heavy (non-hydrogen) atoms. The van der Waals surface area contributed by atoms with Gasteiger partial charge in [0.25, 0.3) is 0 Å². The molecule has 0 spiro atoms. The van der Waals surface area contributed by atoms with Crippen molar-refractivity contribution in [3.63, 3.8) is 0 Å². The van der Waals surface area contributed by atoms with Gasteiger partial charge in [-0.05, 0) is 38.1 Å². The minimum absolute atomic E-state index is 0.0382. The van der Waals surface area contributed by atoms with Crippen LogP contribution in [0.25, 0.3) is 0 Å². The summed E-state index contributed by atoms with van der Waals surface area (Å²) in [5.41, 5.74) is 7.02. The molecule has 1 rings (SSSR count). The Morgan fingerprint density at radius 2 is 2.00 bits per heavy atom. The summed E-state index contributed by atoms with van der Waals surface area (Å²) >= 11 is 8.67. The van der Waals surface area contributed by atoms with E-state index in [4.69, 9.17) is 18.0 Å². The fourth-order valence-corrected chi connectivity index (χ4v) is 2.42. The first-order chi connectivity index (χ1) is 8.83. The Hall–Kier alpha value is -0.450. The third-order valence-corrected chi connectivity index (χ3v) is 4.73. The van der Waals surface area contributed by atoms with Crippen LogP contribution in [0.3, 0.4) is 0 Å². The average Bonchev–Trinajstić information content (AvgIpc) is 2.31. The third-order valence-electron chi connectivity index (χ3n) is 3.41. The van der Waals surface area contributed by atoms with Gasteiger partial charge < -0.3 is 10.6 Å². The average molecular weight is 343 g/mol. The van der Waals surface area contributed by atoms with Crippen molar-refractivity contribution in [3.05, 3.63) is 34.3 Å². The zero-order chi connectivity index (χ0) is 14.5. The Morgan fingerprint density at radius 3 is 2.58 bits per heavy atom. The third kappa shape index (κ3) is 5.59. The Kier molecular flexibility index (Phi) is 6.43. The van der Waals surface area contributed by atoms with Crippen LogP contribution in [0.2, 0.25) is 0 Å². The van der Waals surface area contributed by atoms with Gasteiger partial charge in [0, 0.05) is 16.4 Å². The number of benzene rings is 1. The van der Waals surface area contributed by atoms with Crippen LogP contribution in [-0.2, 0) is 6.54 Å². The van der Waals surface area contributed by atoms with Gasteiger partial charge in [0.1, 0.15) is 0 Å². The summed E-state index contributed by atoms with van der Waals surface area (Å²) < 4.78 is 1.17. The van der Waals surface area contributed by atoms with Crippen molar-refractivity contribution in [3.8, 4) is 0 Å². The summed E-state index contributed by atoms with van der Waals surface area (Å²) in [4.78, 5) is 2.94. The molecule has 0 bridgehead atoms. The predicted octanol–water partition coefficient (Wildman–Crippen LogP) is 3.97. The highest BCUT2D eigenvalue weighted by atomic mass is 79.9. The van der Waals surface area contributed by atoms with Crippen LogP contribution < -0.4 is 5.73 Å². The fraction of sp³-hybridized carbons (Fsp3) is 0.533. The number of nitrogens with zero attached hydrogens (tertiary/aromatic N) is 1. The second kappa shape index (κ2) is 7.36. The normalized spacial score (nSPS) is 11.8. The lowest BCUT2D eigenvalue weighted by Gasteiger charge is -2.24. The molecule has 0 saturated carbocycles. The van der Waals surface area contributed by atoms with Gasteiger partial charge in [-0.2, -0.15) is 0 Å². The molecule has 0 saturated heterocycles. The molecule has 0 aliphatic rings. The Bertz CT molecular complexity index is 432. The van der Waals surface area contributed by atoms with Crippen molar-refractivity contribution in [1.82, 2.24) is 4.90 Å². The second-order valence-electron chi connectivity index (χ2n) is 5.68. The molecule has 1 aromatic rings. The molecule has 0 aliphatic carbocycles. The van der Waals surface area contributed by atoms with E-state index >= 15 is 0 Å². The lowest BCUT2D eigenvalue weighted by Crippen LogP contribution is -2.31. The highest BCUT2D eigenvalue weighted by Crippen LogP contribution is 2.23. The van der Waals surface area contributed by atoms with Crippen molar-refractivity contribution < 1.29 is 0 Å². The molecule has 106 valence electrons. The number of halogens is 1. The first-order valence-electron chi connectivity index (χ1n) is 6.55. The molecule has 4 heteroatoms. The number of rotatable bonds is 7. The number of thiocarbonyl (C=S) groups is 1. The maximum atomic E-state index is 5.74. The molecule has 0 heterocycles. The van der Waals surface area contributed by atoms with Gasteiger partial charge in [-0.3, -0.25) is 0 Å². The summed E-state index contributed by atoms with van der Waals surface area (Å²) in [5, 5.41) is 0. The van der Waals surface area contributed by atoms with Gasteiger partial charge in [-0.25, -0.2) is 0 Å². The smallest absolute Gasteiger partial charge is 0.0784 e. The minimum atomic E-state index is -0.0382. The van der Waals surface area contributed by atoms with Crippen molar-refractivity contribution in [2.45, 2.75) is 33.2 Å². The Balaban J connectivity index is 2.39. The lowest BCUT2D eigenvalue weighted by molar-refractivity contribution is 0.301. The van der Waals surface area contributed by atoms with Crippen molar-refractivity contribution in [2.75, 3.05) is 13.6 Å². The van der Waals surface area contributed by atoms with Crippen LogP contribution in [0.15, 0.2) is 28.7 Å². The van der Waals surface area contributed by atoms with Gasteiger partial charge in [-0.15, -0.1) is 0 Å². The van der Waals surface area contributed by atoms with Crippen LogP contribution in [0.4, 0.5) is 0 Å². The van der Waals surface area contributed by atoms with Gasteiger partial charge in [0.2, 0.25) is 0 Å². The van der Waals surface area contributed by atoms with E-state index in [0.717, 1.165) is 25.9 Å². The van der Waals surface area contributed by atoms with E-state index in [1.807, 2.05) is 6.07 Å². The highest BCUT2D eigenvalue weighted by molar-refractivity contribution is 9.10. The van der Waals surface area contributed by atoms with E-state index in [-0.39, 0.29) is 5.41 Å². The topological polar surface area (TPSA) is 29.3 Å². The summed E-state index contributed by atoms with van der Waals surface area (Å²) in [6.07, 6.45) is 2.13. The Morgan fingerprint density at radius 1 is 1.37 bits per heavy atom. The van der Waals surface area contributed by atoms with E-state index in [9.17, 15) is 0 Å². The van der Waals surface area contributed by atoms with Crippen LogP contribution in [0, 0.1) is 5.41 Å². The largest absolute Gasteiger partial charge is 0.393 e. The van der Waals surface area contributed by atoms with Gasteiger partial charge >= 0.3 is 0 Å². The standard InChI is InChI=1S/C15H23BrN2S/c1-15(2,14(17)19)9-6-10-18(3)11-12-7-4-5-8-13(12)16/h4-5,7-8H,6,9-11H2,1-3H3,(H2,17,19). The van der Waals surface area contributed by atoms with E-state index in [1.165, 1.54) is 10.0 Å². The predicted molar refractivity (Wildman–Crippen MR) is 90.3 cm³/mol. The molecule has 0 amide bonds. The van der Waals surface area contributed by atoms with Crippen LogP contribution in [-0.4, -0.2) is 23.5 Å². The molecule has 2 N–H and O–H groups in total. The van der Waals surface area contributed by atoms with Crippen molar-refractivity contribution in [2.24, 2.45) is 11.1 Å². The molecule has 0 unspecified atom stereocenters. The van der Waals surface area contributed by atoms with Gasteiger partial charge in [-0.1, -0.05) is 60.2 Å². The van der Waals surface area contributed by atoms with Gasteiger partial charge in [0.15, 0.2) is 0 Å². The molecule has 1 aromatic carbocycles. The maximum absolute atomic E-state index is 5.74. The van der Waals surface area contributed by atoms with E-state index in [0.29, 0.717) is 4.99 Å². The van der Waals surface area contributed by atoms with Crippen LogP contribution in [0.5, 0.6) is 0 Å². The summed E-state index contributed by atoms with van der Waals surface area (Å²) in [6, 6.07) is 8.35. The van der Waals surface area contributed by atoms with Crippen molar-refractivity contribution in [1.29, 1.82) is 0 Å². The molecular weight excluding hydrogens is 320 g/mol. The zero-order valence-corrected chi connectivity index (χ0v) is 14.4. The van der Waals surface area contributed by atoms with E-state index < -0.39 is 0 Å². The molecule has 0 radical (unpaired) electrons. The number of nitrogens with two attached hydrogens (primary N) is 1. The van der Waals surface area contributed by atoms with Gasteiger partial charge in [0.05, 0.1) is 4.99 Å². The SMILES string of the molecule is CN(CCCC(C)(C)C(N)=S)Cc1ccccc1Br. The van der Waals surface area contributed by atoms with E-state index in [1.54, 1.807) is 0 Å². The van der Waals surface area contributed by atoms with Crippen molar-refractivity contribution >= 4 is 33.1 Å². The van der Waals surface area contributed by atoms with E-state index in [2.05, 4.69) is 59.9 Å². The fourth-order valence-electron chi connectivity index (χ4n) is 1.91. The highest BCUT2D eigenvalue weighted by Gasteiger charge is 2.20. The van der Waals surface area contributed by atoms with Crippen LogP contribution in [0.1, 0.15) is 32.3 Å². The molecule has 0 atom stereocenters. The molecule has 2 nitrogen and oxygen atoms in total. The lowest BCUT2D eigenvalue weighted by atomic mass is 9.88. The summed E-state index contributed by atoms with van der Waals surface area (Å²) in [7, 11) is 2.15. The summed E-state index contributed by atoms with van der Waals surface area (Å²) in [5.74, 6) is 0. The monoisotopic (exact) mass is 342 g/mol. The maximum Gasteiger partial charge on any atom is 0.0784 e. The zero-order valence-electron chi connectivity index (χ0n) is 11.9. The molecule has 0 aliphatic heterocycles. The Labute approximate surface area is 130 Å².